The molecule has 21 heavy (non-hydrogen) atoms. The number of aromatic nitrogens is 3. The predicted octanol–water partition coefficient (Wildman–Crippen LogP) is 0.952. The van der Waals surface area contributed by atoms with Gasteiger partial charge >= 0.3 is 0 Å². The third kappa shape index (κ3) is 1.50. The lowest BCUT2D eigenvalue weighted by molar-refractivity contribution is 0.0925. The van der Waals surface area contributed by atoms with Crippen molar-refractivity contribution < 1.29 is 9.59 Å². The molecule has 7 nitrogen and oxygen atoms in total. The zero-order chi connectivity index (χ0) is 14.6. The molecule has 1 aliphatic rings. The number of benzene rings is 1. The molecule has 0 saturated heterocycles. The Bertz CT molecular complexity index is 960. The topological polar surface area (TPSA) is 84.6 Å². The number of para-hydroxylation sites is 1. The third-order valence-corrected chi connectivity index (χ3v) is 4.19. The number of thiazole rings is 1. The maximum absolute atomic E-state index is 12.5. The van der Waals surface area contributed by atoms with Crippen LogP contribution in [0.15, 0.2) is 41.3 Å². The summed E-state index contributed by atoms with van der Waals surface area (Å²) < 4.78 is 1.14. The average molecular weight is 298 g/mol. The SMILES string of the molecule is O=C1c2sc3nncc(=O)n3c2C(=O)N1c1ccccc1. The molecule has 0 saturated carbocycles. The molecule has 2 aromatic heterocycles. The molecular weight excluding hydrogens is 292 g/mol. The number of anilines is 1. The van der Waals surface area contributed by atoms with Crippen LogP contribution in [0.4, 0.5) is 5.69 Å². The van der Waals surface area contributed by atoms with E-state index in [1.807, 2.05) is 0 Å². The van der Waals surface area contributed by atoms with Crippen LogP contribution in [0.3, 0.4) is 0 Å². The minimum Gasteiger partial charge on any atom is -0.267 e. The first-order valence-electron chi connectivity index (χ1n) is 5.99. The molecule has 4 rings (SSSR count). The summed E-state index contributed by atoms with van der Waals surface area (Å²) in [6, 6.07) is 8.59. The number of carbonyl (C=O) groups is 2. The zero-order valence-electron chi connectivity index (χ0n) is 10.4. The first-order valence-corrected chi connectivity index (χ1v) is 6.81. The van der Waals surface area contributed by atoms with Gasteiger partial charge in [-0.05, 0) is 12.1 Å². The Labute approximate surface area is 121 Å². The molecule has 3 heterocycles. The van der Waals surface area contributed by atoms with Crippen LogP contribution >= 0.6 is 11.3 Å². The number of hydrogen-bond donors (Lipinski definition) is 0. The number of imide groups is 1. The first-order chi connectivity index (χ1) is 10.2. The highest BCUT2D eigenvalue weighted by Crippen LogP contribution is 2.32. The van der Waals surface area contributed by atoms with Crippen LogP contribution in [0.1, 0.15) is 20.2 Å². The Morgan fingerprint density at radius 2 is 1.76 bits per heavy atom. The lowest BCUT2D eigenvalue weighted by Crippen LogP contribution is -2.31. The standard InChI is InChI=1S/C13H6N4O3S/c18-8-6-14-15-13-17(8)9-10(21-13)12(20)16(11(9)19)7-4-2-1-3-5-7/h1-6H. The van der Waals surface area contributed by atoms with Crippen molar-refractivity contribution >= 4 is 33.8 Å². The van der Waals surface area contributed by atoms with Crippen LogP contribution in [0.25, 0.3) is 4.96 Å². The molecule has 0 bridgehead atoms. The molecule has 1 aliphatic heterocycles. The van der Waals surface area contributed by atoms with Crippen LogP contribution in [-0.2, 0) is 0 Å². The Morgan fingerprint density at radius 1 is 1.00 bits per heavy atom. The van der Waals surface area contributed by atoms with E-state index >= 15 is 0 Å². The zero-order valence-corrected chi connectivity index (χ0v) is 11.2. The van der Waals surface area contributed by atoms with E-state index in [0.717, 1.165) is 26.8 Å². The van der Waals surface area contributed by atoms with Gasteiger partial charge in [0.25, 0.3) is 17.4 Å². The smallest absolute Gasteiger partial charge is 0.267 e. The summed E-state index contributed by atoms with van der Waals surface area (Å²) >= 11 is 0.988. The molecule has 8 heteroatoms. The van der Waals surface area contributed by atoms with Crippen molar-refractivity contribution in [3.05, 3.63) is 57.5 Å². The van der Waals surface area contributed by atoms with Gasteiger partial charge in [0.2, 0.25) is 4.96 Å². The first kappa shape index (κ1) is 11.9. The summed E-state index contributed by atoms with van der Waals surface area (Å²) in [4.78, 5) is 38.4. The molecule has 2 amide bonds. The van der Waals surface area contributed by atoms with Crippen LogP contribution in [-0.4, -0.2) is 26.4 Å². The minimum absolute atomic E-state index is 0.0590. The maximum Gasteiger partial charge on any atom is 0.284 e. The monoisotopic (exact) mass is 298 g/mol. The Kier molecular flexibility index (Phi) is 2.30. The van der Waals surface area contributed by atoms with Crippen LogP contribution < -0.4 is 10.5 Å². The van der Waals surface area contributed by atoms with Gasteiger partial charge < -0.3 is 0 Å². The molecule has 0 unspecified atom stereocenters. The van der Waals surface area contributed by atoms with Gasteiger partial charge in [0.05, 0.1) is 5.69 Å². The molecule has 0 fully saturated rings. The molecule has 0 aliphatic carbocycles. The lowest BCUT2D eigenvalue weighted by atomic mass is 10.3. The Morgan fingerprint density at radius 3 is 2.52 bits per heavy atom. The molecular formula is C13H6N4O3S. The van der Waals surface area contributed by atoms with Gasteiger partial charge in [-0.25, -0.2) is 9.30 Å². The van der Waals surface area contributed by atoms with E-state index in [-0.39, 0.29) is 15.5 Å². The molecule has 102 valence electrons. The van der Waals surface area contributed by atoms with Gasteiger partial charge in [0, 0.05) is 0 Å². The molecule has 0 N–H and O–H groups in total. The van der Waals surface area contributed by atoms with E-state index in [1.165, 1.54) is 0 Å². The summed E-state index contributed by atoms with van der Waals surface area (Å²) in [6.45, 7) is 0. The fourth-order valence-corrected chi connectivity index (χ4v) is 3.28. The van der Waals surface area contributed by atoms with Crippen molar-refractivity contribution in [3.8, 4) is 0 Å². The second-order valence-corrected chi connectivity index (χ2v) is 5.34. The summed E-state index contributed by atoms with van der Waals surface area (Å²) in [6.07, 6.45) is 1.02. The number of nitrogens with zero attached hydrogens (tertiary/aromatic N) is 4. The average Bonchev–Trinajstić information content (AvgIpc) is 2.98. The summed E-state index contributed by atoms with van der Waals surface area (Å²) in [5, 5.41) is 7.32. The highest BCUT2D eigenvalue weighted by molar-refractivity contribution is 7.19. The molecule has 3 aromatic rings. The van der Waals surface area contributed by atoms with Crippen molar-refractivity contribution in [2.75, 3.05) is 4.90 Å². The molecule has 1 aromatic carbocycles. The van der Waals surface area contributed by atoms with Gasteiger partial charge in [-0.3, -0.25) is 14.4 Å². The predicted molar refractivity (Wildman–Crippen MR) is 74.7 cm³/mol. The van der Waals surface area contributed by atoms with E-state index in [9.17, 15) is 14.4 Å². The maximum atomic E-state index is 12.5. The van der Waals surface area contributed by atoms with Gasteiger partial charge in [0.15, 0.2) is 0 Å². The van der Waals surface area contributed by atoms with E-state index in [0.29, 0.717) is 5.69 Å². The van der Waals surface area contributed by atoms with Crippen molar-refractivity contribution in [3.63, 3.8) is 0 Å². The number of fused-ring (bicyclic) bond motifs is 3. The number of carbonyl (C=O) groups excluding carboxylic acids is 2. The summed E-state index contributed by atoms with van der Waals surface area (Å²) in [5.74, 6) is -0.973. The van der Waals surface area contributed by atoms with Gasteiger partial charge in [-0.15, -0.1) is 5.10 Å². The fourth-order valence-electron chi connectivity index (χ4n) is 2.29. The summed E-state index contributed by atoms with van der Waals surface area (Å²) in [5.41, 5.74) is 0.0522. The lowest BCUT2D eigenvalue weighted by Gasteiger charge is -2.13. The normalized spacial score (nSPS) is 14.0. The largest absolute Gasteiger partial charge is 0.284 e. The molecule has 0 spiro atoms. The van der Waals surface area contributed by atoms with Crippen molar-refractivity contribution in [2.24, 2.45) is 0 Å². The van der Waals surface area contributed by atoms with Crippen LogP contribution in [0, 0.1) is 0 Å². The fraction of sp³-hybridized carbons (Fsp3) is 0. The van der Waals surface area contributed by atoms with E-state index < -0.39 is 17.4 Å². The highest BCUT2D eigenvalue weighted by Gasteiger charge is 2.41. The third-order valence-electron chi connectivity index (χ3n) is 3.17. The Balaban J connectivity index is 1.99. The minimum atomic E-state index is -0.525. The molecule has 0 radical (unpaired) electrons. The molecule has 0 atom stereocenters. The highest BCUT2D eigenvalue weighted by atomic mass is 32.1. The van der Waals surface area contributed by atoms with Gasteiger partial charge in [-0.2, -0.15) is 5.10 Å². The van der Waals surface area contributed by atoms with E-state index in [2.05, 4.69) is 10.2 Å². The van der Waals surface area contributed by atoms with Crippen molar-refractivity contribution in [1.82, 2.24) is 14.6 Å². The van der Waals surface area contributed by atoms with Gasteiger partial charge in [0.1, 0.15) is 16.8 Å². The number of hydrogen-bond acceptors (Lipinski definition) is 6. The van der Waals surface area contributed by atoms with E-state index in [4.69, 9.17) is 0 Å². The van der Waals surface area contributed by atoms with Crippen molar-refractivity contribution in [1.29, 1.82) is 0 Å². The van der Waals surface area contributed by atoms with Crippen molar-refractivity contribution in [2.45, 2.75) is 0 Å². The summed E-state index contributed by atoms with van der Waals surface area (Å²) in [7, 11) is 0. The van der Waals surface area contributed by atoms with Crippen LogP contribution in [0.5, 0.6) is 0 Å². The van der Waals surface area contributed by atoms with E-state index in [1.54, 1.807) is 30.3 Å². The second kappa shape index (κ2) is 4.06. The Hall–Kier alpha value is -2.87. The van der Waals surface area contributed by atoms with Gasteiger partial charge in [-0.1, -0.05) is 29.5 Å². The number of amides is 2. The van der Waals surface area contributed by atoms with Crippen LogP contribution in [0.2, 0.25) is 0 Å². The quantitative estimate of drug-likeness (QED) is 0.624. The second-order valence-electron chi connectivity index (χ2n) is 4.36. The number of rotatable bonds is 1.